The molecule has 0 bridgehead atoms. The number of carbonyl (C=O) groups is 1. The van der Waals surface area contributed by atoms with Gasteiger partial charge in [0, 0.05) is 37.3 Å². The van der Waals surface area contributed by atoms with Gasteiger partial charge < -0.3 is 20.9 Å². The van der Waals surface area contributed by atoms with Crippen LogP contribution in [0, 0.1) is 5.82 Å². The maximum Gasteiger partial charge on any atom is 0.315 e. The van der Waals surface area contributed by atoms with Crippen molar-refractivity contribution in [1.82, 2.24) is 14.9 Å². The van der Waals surface area contributed by atoms with Crippen molar-refractivity contribution in [2.45, 2.75) is 70.0 Å². The number of nitrogens with two attached hydrogens (primary N) is 1. The molecule has 2 aromatic rings. The fraction of sp³-hybridized carbons (Fsp3) is 0.542. The van der Waals surface area contributed by atoms with E-state index < -0.39 is 6.03 Å². The highest BCUT2D eigenvalue weighted by Crippen LogP contribution is 2.30. The van der Waals surface area contributed by atoms with Crippen LogP contribution in [0.4, 0.5) is 21.0 Å². The van der Waals surface area contributed by atoms with E-state index in [4.69, 9.17) is 15.7 Å². The molecule has 0 atom stereocenters. The molecule has 2 aliphatic carbocycles. The van der Waals surface area contributed by atoms with Gasteiger partial charge in [0.1, 0.15) is 11.6 Å². The number of hydrogen-bond acceptors (Lipinski definition) is 5. The Morgan fingerprint density at radius 2 is 1.84 bits per heavy atom. The third kappa shape index (κ3) is 4.95. The number of primary amides is 1. The van der Waals surface area contributed by atoms with Crippen LogP contribution in [0.5, 0.6) is 0 Å². The number of anilines is 2. The molecule has 1 fully saturated rings. The van der Waals surface area contributed by atoms with Gasteiger partial charge in [-0.15, -0.1) is 0 Å². The van der Waals surface area contributed by atoms with Gasteiger partial charge in [-0.2, -0.15) is 4.98 Å². The summed E-state index contributed by atoms with van der Waals surface area (Å²) in [5, 5.41) is 3.53. The smallest absolute Gasteiger partial charge is 0.315 e. The Morgan fingerprint density at radius 3 is 2.53 bits per heavy atom. The van der Waals surface area contributed by atoms with Crippen molar-refractivity contribution >= 4 is 17.8 Å². The van der Waals surface area contributed by atoms with E-state index in [1.807, 2.05) is 14.1 Å². The molecule has 172 valence electrons. The largest absolute Gasteiger partial charge is 0.362 e. The summed E-state index contributed by atoms with van der Waals surface area (Å²) in [6.45, 7) is 0.199. The highest BCUT2D eigenvalue weighted by molar-refractivity contribution is 5.72. The van der Waals surface area contributed by atoms with Crippen LogP contribution in [0.2, 0.25) is 0 Å². The van der Waals surface area contributed by atoms with Crippen molar-refractivity contribution in [1.29, 1.82) is 0 Å². The van der Waals surface area contributed by atoms with Crippen LogP contribution >= 0.6 is 0 Å². The number of nitrogens with one attached hydrogen (secondary N) is 1. The molecule has 1 aromatic carbocycles. The Kier molecular flexibility index (Phi) is 6.77. The Hall–Kier alpha value is -2.90. The van der Waals surface area contributed by atoms with E-state index in [9.17, 15) is 9.18 Å². The standard InChI is InChI=1S/C24H33FN6O/c1-30(2)22-19-8-4-6-10-21(19)28-24(29-22)27-17-11-13-18(14-12-17)31(23(26)32)15-16-7-3-5-9-20(16)25/h3,5,7,9,17-18H,4,6,8,10-15H2,1-2H3,(H2,26,32)(H,27,28,29). The third-order valence-corrected chi connectivity index (χ3v) is 6.64. The molecule has 32 heavy (non-hydrogen) atoms. The van der Waals surface area contributed by atoms with E-state index in [1.54, 1.807) is 23.1 Å². The second-order valence-electron chi connectivity index (χ2n) is 9.10. The van der Waals surface area contributed by atoms with Crippen molar-refractivity contribution in [2.75, 3.05) is 24.3 Å². The van der Waals surface area contributed by atoms with E-state index in [-0.39, 0.29) is 24.4 Å². The van der Waals surface area contributed by atoms with Crippen LogP contribution in [0.3, 0.4) is 0 Å². The molecule has 0 saturated heterocycles. The molecule has 8 heteroatoms. The SMILES string of the molecule is CN(C)c1nc(NC2CCC(N(Cc3ccccc3F)C(N)=O)CC2)nc2c1CCCC2. The van der Waals surface area contributed by atoms with E-state index in [2.05, 4.69) is 10.2 Å². The molecule has 7 nitrogen and oxygen atoms in total. The van der Waals surface area contributed by atoms with Gasteiger partial charge in [-0.25, -0.2) is 14.2 Å². The summed E-state index contributed by atoms with van der Waals surface area (Å²) in [5.74, 6) is 1.39. The summed E-state index contributed by atoms with van der Waals surface area (Å²) >= 11 is 0. The summed E-state index contributed by atoms with van der Waals surface area (Å²) in [4.78, 5) is 25.4. The van der Waals surface area contributed by atoms with Gasteiger partial charge in [-0.05, 0) is 57.4 Å². The van der Waals surface area contributed by atoms with Gasteiger partial charge in [-0.1, -0.05) is 18.2 Å². The first kappa shape index (κ1) is 22.3. The van der Waals surface area contributed by atoms with E-state index >= 15 is 0 Å². The number of nitrogens with zero attached hydrogens (tertiary/aromatic N) is 4. The number of aromatic nitrogens is 2. The van der Waals surface area contributed by atoms with Crippen molar-refractivity contribution in [3.8, 4) is 0 Å². The first-order valence-electron chi connectivity index (χ1n) is 11.6. The van der Waals surface area contributed by atoms with Crippen LogP contribution in [0.25, 0.3) is 0 Å². The van der Waals surface area contributed by atoms with Gasteiger partial charge >= 0.3 is 6.03 Å². The number of benzene rings is 1. The quantitative estimate of drug-likeness (QED) is 0.712. The lowest BCUT2D eigenvalue weighted by Crippen LogP contribution is -2.46. The number of hydrogen-bond donors (Lipinski definition) is 2. The topological polar surface area (TPSA) is 87.4 Å². The van der Waals surface area contributed by atoms with Crippen LogP contribution in [0.1, 0.15) is 55.3 Å². The fourth-order valence-electron chi connectivity index (χ4n) is 4.92. The van der Waals surface area contributed by atoms with E-state index in [0.717, 1.165) is 50.0 Å². The first-order chi connectivity index (χ1) is 15.4. The molecule has 0 radical (unpaired) electrons. The molecular weight excluding hydrogens is 407 g/mol. The van der Waals surface area contributed by atoms with Crippen molar-refractivity contribution in [3.63, 3.8) is 0 Å². The molecule has 1 saturated carbocycles. The minimum atomic E-state index is -0.502. The van der Waals surface area contributed by atoms with E-state index in [1.165, 1.54) is 24.5 Å². The maximum atomic E-state index is 14.1. The lowest BCUT2D eigenvalue weighted by Gasteiger charge is -2.36. The van der Waals surface area contributed by atoms with Gasteiger partial charge in [0.2, 0.25) is 5.95 Å². The monoisotopic (exact) mass is 440 g/mol. The number of halogens is 1. The zero-order valence-corrected chi connectivity index (χ0v) is 19.0. The van der Waals surface area contributed by atoms with Crippen molar-refractivity contribution in [2.24, 2.45) is 5.73 Å². The predicted molar refractivity (Wildman–Crippen MR) is 124 cm³/mol. The van der Waals surface area contributed by atoms with Gasteiger partial charge in [0.15, 0.2) is 0 Å². The minimum absolute atomic E-state index is 0.00643. The number of rotatable bonds is 6. The number of fused-ring (bicyclic) bond motifs is 1. The second-order valence-corrected chi connectivity index (χ2v) is 9.10. The predicted octanol–water partition coefficient (Wildman–Crippen LogP) is 3.86. The van der Waals surface area contributed by atoms with Crippen LogP contribution in [0.15, 0.2) is 24.3 Å². The normalized spacial score (nSPS) is 20.3. The van der Waals surface area contributed by atoms with Gasteiger partial charge in [-0.3, -0.25) is 0 Å². The first-order valence-corrected chi connectivity index (χ1v) is 11.6. The lowest BCUT2D eigenvalue weighted by atomic mass is 9.90. The molecule has 0 unspecified atom stereocenters. The molecule has 1 heterocycles. The highest BCUT2D eigenvalue weighted by Gasteiger charge is 2.29. The van der Waals surface area contributed by atoms with Gasteiger partial charge in [0.05, 0.1) is 12.2 Å². The van der Waals surface area contributed by atoms with Crippen LogP contribution < -0.4 is 16.0 Å². The molecular formula is C24H33FN6O. The average molecular weight is 441 g/mol. The maximum absolute atomic E-state index is 14.1. The number of aryl methyl sites for hydroxylation is 1. The molecule has 0 aliphatic heterocycles. The van der Waals surface area contributed by atoms with Gasteiger partial charge in [0.25, 0.3) is 0 Å². The van der Waals surface area contributed by atoms with Crippen molar-refractivity contribution < 1.29 is 9.18 Å². The van der Waals surface area contributed by atoms with E-state index in [0.29, 0.717) is 11.5 Å². The number of urea groups is 1. The average Bonchev–Trinajstić information content (AvgIpc) is 2.78. The number of amides is 2. The Labute approximate surface area is 189 Å². The fourth-order valence-corrected chi connectivity index (χ4v) is 4.92. The lowest BCUT2D eigenvalue weighted by molar-refractivity contribution is 0.155. The molecule has 2 amide bonds. The molecule has 0 spiro atoms. The summed E-state index contributed by atoms with van der Waals surface area (Å²) < 4.78 is 14.1. The summed E-state index contributed by atoms with van der Waals surface area (Å²) in [6.07, 6.45) is 7.78. The Balaban J connectivity index is 1.41. The number of carbonyl (C=O) groups excluding carboxylic acids is 1. The van der Waals surface area contributed by atoms with Crippen LogP contribution in [-0.2, 0) is 19.4 Å². The highest BCUT2D eigenvalue weighted by atomic mass is 19.1. The summed E-state index contributed by atoms with van der Waals surface area (Å²) in [5.41, 5.74) is 8.59. The summed E-state index contributed by atoms with van der Waals surface area (Å²) in [6, 6.07) is 6.29. The molecule has 1 aromatic heterocycles. The molecule has 3 N–H and O–H groups in total. The molecule has 2 aliphatic rings. The zero-order chi connectivity index (χ0) is 22.7. The zero-order valence-electron chi connectivity index (χ0n) is 19.0. The Morgan fingerprint density at radius 1 is 1.12 bits per heavy atom. The third-order valence-electron chi connectivity index (χ3n) is 6.64. The minimum Gasteiger partial charge on any atom is -0.362 e. The second kappa shape index (κ2) is 9.71. The summed E-state index contributed by atoms with van der Waals surface area (Å²) in [7, 11) is 4.06. The molecule has 4 rings (SSSR count). The Bertz CT molecular complexity index is 958. The van der Waals surface area contributed by atoms with Crippen LogP contribution in [-0.4, -0.2) is 47.1 Å². The van der Waals surface area contributed by atoms with Crippen molar-refractivity contribution in [3.05, 3.63) is 46.9 Å².